The van der Waals surface area contributed by atoms with Gasteiger partial charge in [-0.3, -0.25) is 9.48 Å². The highest BCUT2D eigenvalue weighted by atomic mass is 16.4. The number of aliphatic carboxylic acids is 1. The largest absolute Gasteiger partial charge is 0.480 e. The molecule has 1 amide bonds. The zero-order valence-electron chi connectivity index (χ0n) is 23.8. The summed E-state index contributed by atoms with van der Waals surface area (Å²) in [6.45, 7) is 0.300. The Morgan fingerprint density at radius 3 is 2.47 bits per heavy atom. The number of nitrogens with one attached hydrogen (secondary N) is 1. The van der Waals surface area contributed by atoms with Crippen molar-refractivity contribution in [2.45, 2.75) is 38.3 Å². The molecule has 2 aromatic carbocycles. The van der Waals surface area contributed by atoms with Gasteiger partial charge in [-0.25, -0.2) is 19.6 Å². The zero-order valence-corrected chi connectivity index (χ0v) is 23.8. The molecule has 230 valence electrons. The van der Waals surface area contributed by atoms with Crippen molar-refractivity contribution in [1.82, 2.24) is 40.2 Å². The number of carboxylic acid groups (broad SMARTS) is 2. The fraction of sp³-hybridized carbons (Fsp3) is 0.207. The maximum Gasteiger partial charge on any atom is 0.336 e. The van der Waals surface area contributed by atoms with Crippen molar-refractivity contribution >= 4 is 46.5 Å². The minimum atomic E-state index is -1.17. The molecular weight excluding hydrogens is 582 g/mol. The lowest BCUT2D eigenvalue weighted by molar-refractivity contribution is -0.139. The molecule has 45 heavy (non-hydrogen) atoms. The number of benzene rings is 2. The Balaban J connectivity index is 1.14. The summed E-state index contributed by atoms with van der Waals surface area (Å²) in [5, 5.41) is 29.8. The number of aromatic carboxylic acids is 1. The first-order valence-corrected chi connectivity index (χ1v) is 13.8. The van der Waals surface area contributed by atoms with Crippen LogP contribution in [0.2, 0.25) is 0 Å². The molecule has 0 aliphatic rings. The van der Waals surface area contributed by atoms with Gasteiger partial charge in [0.1, 0.15) is 11.7 Å². The zero-order chi connectivity index (χ0) is 32.1. The van der Waals surface area contributed by atoms with E-state index in [0.717, 1.165) is 5.56 Å². The third-order valence-electron chi connectivity index (χ3n) is 6.96. The lowest BCUT2D eigenvalue weighted by Gasteiger charge is -2.14. The second-order valence-electron chi connectivity index (χ2n) is 10.2. The molecule has 0 radical (unpaired) electrons. The summed E-state index contributed by atoms with van der Waals surface area (Å²) >= 11 is 0. The van der Waals surface area contributed by atoms with Crippen LogP contribution in [0, 0.1) is 0 Å². The molecule has 9 N–H and O–H groups in total. The van der Waals surface area contributed by atoms with E-state index in [4.69, 9.17) is 17.2 Å². The van der Waals surface area contributed by atoms with Crippen LogP contribution in [-0.4, -0.2) is 69.0 Å². The van der Waals surface area contributed by atoms with Gasteiger partial charge >= 0.3 is 11.9 Å². The Morgan fingerprint density at radius 2 is 1.73 bits per heavy atom. The number of rotatable bonds is 12. The maximum atomic E-state index is 12.8. The molecule has 0 saturated heterocycles. The second-order valence-corrected chi connectivity index (χ2v) is 10.2. The number of anilines is 3. The molecule has 0 aliphatic carbocycles. The van der Waals surface area contributed by atoms with Crippen molar-refractivity contribution in [2.24, 2.45) is 0 Å². The number of hydrogen-bond donors (Lipinski definition) is 6. The molecule has 0 saturated carbocycles. The van der Waals surface area contributed by atoms with E-state index in [-0.39, 0.29) is 23.8 Å². The number of fused-ring (bicyclic) bond motifs is 1. The molecule has 3 heterocycles. The third-order valence-corrected chi connectivity index (χ3v) is 6.96. The minimum absolute atomic E-state index is 0.00424. The van der Waals surface area contributed by atoms with Gasteiger partial charge in [-0.05, 0) is 61.6 Å². The number of carbonyl (C=O) groups excluding carboxylic acids is 1. The van der Waals surface area contributed by atoms with Gasteiger partial charge in [0.2, 0.25) is 5.95 Å². The highest BCUT2D eigenvalue weighted by Crippen LogP contribution is 2.24. The number of carboxylic acids is 2. The average Bonchev–Trinajstić information content (AvgIpc) is 3.48. The Kier molecular flexibility index (Phi) is 8.74. The Hall–Kier alpha value is -6.19. The number of amides is 1. The summed E-state index contributed by atoms with van der Waals surface area (Å²) in [4.78, 5) is 52.9. The van der Waals surface area contributed by atoms with Crippen LogP contribution >= 0.6 is 0 Å². The van der Waals surface area contributed by atoms with Crippen molar-refractivity contribution in [3.63, 3.8) is 0 Å². The number of carbonyl (C=O) groups is 3. The Bertz CT molecular complexity index is 1890. The van der Waals surface area contributed by atoms with Crippen LogP contribution < -0.4 is 22.5 Å². The smallest absolute Gasteiger partial charge is 0.336 e. The van der Waals surface area contributed by atoms with Crippen LogP contribution in [0.1, 0.15) is 44.8 Å². The quantitative estimate of drug-likeness (QED) is 0.109. The number of aromatic nitrogens is 7. The van der Waals surface area contributed by atoms with Crippen molar-refractivity contribution in [3.8, 4) is 11.3 Å². The van der Waals surface area contributed by atoms with Gasteiger partial charge in [0.25, 0.3) is 5.91 Å². The number of aryl methyl sites for hydroxylation is 3. The third kappa shape index (κ3) is 7.24. The van der Waals surface area contributed by atoms with Crippen molar-refractivity contribution in [3.05, 3.63) is 77.2 Å². The summed E-state index contributed by atoms with van der Waals surface area (Å²) in [5.41, 5.74) is 20.8. The van der Waals surface area contributed by atoms with Crippen molar-refractivity contribution in [2.75, 3.05) is 17.2 Å². The van der Waals surface area contributed by atoms with Crippen LogP contribution in [0.4, 0.5) is 17.5 Å². The average molecular weight is 612 g/mol. The van der Waals surface area contributed by atoms with Gasteiger partial charge in [0, 0.05) is 23.4 Å². The number of nitrogen functional groups attached to an aromatic ring is 3. The van der Waals surface area contributed by atoms with Crippen molar-refractivity contribution < 1.29 is 24.6 Å². The van der Waals surface area contributed by atoms with E-state index in [1.807, 2.05) is 0 Å². The van der Waals surface area contributed by atoms with Crippen LogP contribution in [0.5, 0.6) is 0 Å². The first-order chi connectivity index (χ1) is 21.6. The fourth-order valence-electron chi connectivity index (χ4n) is 4.65. The standard InChI is InChI=1S/C29H29N11O5/c30-17-8-10-19(20(12-17)27(42)43)22-14-40(39-38-22)11-1-2-21(28(44)45)35-26(41)16-6-3-15(4-7-16)5-9-18-13-33-25-23(34-18)24(31)36-29(32)37-25/h3-4,6-8,10,12-14,21H,1-2,5,9,11,30H2,(H,35,41)(H,42,43)(H,44,45)(H4,31,32,33,36,37)/t21-/m0/s1. The van der Waals surface area contributed by atoms with Crippen molar-refractivity contribution in [1.29, 1.82) is 0 Å². The van der Waals surface area contributed by atoms with Crippen LogP contribution in [0.3, 0.4) is 0 Å². The Morgan fingerprint density at radius 1 is 0.956 bits per heavy atom. The van der Waals surface area contributed by atoms with E-state index in [1.54, 1.807) is 48.8 Å². The highest BCUT2D eigenvalue weighted by molar-refractivity contribution is 5.97. The molecule has 0 spiro atoms. The lowest BCUT2D eigenvalue weighted by Crippen LogP contribution is -2.40. The van der Waals surface area contributed by atoms with Gasteiger partial charge < -0.3 is 32.7 Å². The summed E-state index contributed by atoms with van der Waals surface area (Å²) in [5.74, 6) is -2.66. The van der Waals surface area contributed by atoms with Gasteiger partial charge in [0.05, 0.1) is 23.7 Å². The summed E-state index contributed by atoms with van der Waals surface area (Å²) in [6.07, 6.45) is 4.81. The summed E-state index contributed by atoms with van der Waals surface area (Å²) < 4.78 is 1.49. The van der Waals surface area contributed by atoms with E-state index in [2.05, 4.69) is 35.6 Å². The number of nitrogens with two attached hydrogens (primary N) is 3. The molecule has 16 nitrogen and oxygen atoms in total. The van der Waals surface area contributed by atoms with Crippen LogP contribution in [0.25, 0.3) is 22.4 Å². The monoisotopic (exact) mass is 611 g/mol. The molecule has 5 rings (SSSR count). The maximum absolute atomic E-state index is 12.8. The molecule has 0 aliphatic heterocycles. The molecule has 16 heteroatoms. The minimum Gasteiger partial charge on any atom is -0.480 e. The van der Waals surface area contributed by atoms with E-state index in [1.165, 1.54) is 10.7 Å². The van der Waals surface area contributed by atoms with E-state index >= 15 is 0 Å². The SMILES string of the molecule is Nc1ccc(-c2cn(CCC[C@H](NC(=O)c3ccc(CCc4cnc5nc(N)nc(N)c5n4)cc3)C(=O)O)nn2)c(C(=O)O)c1. The molecule has 0 bridgehead atoms. The van der Waals surface area contributed by atoms with Crippen LogP contribution in [0.15, 0.2) is 54.9 Å². The summed E-state index contributed by atoms with van der Waals surface area (Å²) in [6, 6.07) is 10.2. The van der Waals surface area contributed by atoms with E-state index in [0.29, 0.717) is 65.2 Å². The lowest BCUT2D eigenvalue weighted by atomic mass is 10.0. The van der Waals surface area contributed by atoms with E-state index in [9.17, 15) is 24.6 Å². The molecule has 0 unspecified atom stereocenters. The number of hydrogen-bond acceptors (Lipinski definition) is 12. The van der Waals surface area contributed by atoms with E-state index < -0.39 is 23.9 Å². The molecule has 5 aromatic rings. The summed E-state index contributed by atoms with van der Waals surface area (Å²) in [7, 11) is 0. The van der Waals surface area contributed by atoms with Gasteiger partial charge in [0.15, 0.2) is 17.0 Å². The predicted octanol–water partition coefficient (Wildman–Crippen LogP) is 1.57. The first kappa shape index (κ1) is 30.3. The van der Waals surface area contributed by atoms with Gasteiger partial charge in [-0.15, -0.1) is 5.10 Å². The van der Waals surface area contributed by atoms with Gasteiger partial charge in [-0.2, -0.15) is 9.97 Å². The predicted molar refractivity (Wildman–Crippen MR) is 163 cm³/mol. The second kappa shape index (κ2) is 13.0. The normalized spacial score (nSPS) is 11.7. The topological polar surface area (TPSA) is 264 Å². The fourth-order valence-corrected chi connectivity index (χ4v) is 4.65. The molecule has 3 aromatic heterocycles. The van der Waals surface area contributed by atoms with Crippen LogP contribution in [-0.2, 0) is 24.2 Å². The molecule has 0 fully saturated rings. The van der Waals surface area contributed by atoms with Gasteiger partial charge in [-0.1, -0.05) is 17.3 Å². The molecular formula is C29H29N11O5. The molecule has 1 atom stereocenters. The number of nitrogens with zero attached hydrogens (tertiary/aromatic N) is 7. The first-order valence-electron chi connectivity index (χ1n) is 13.8. The highest BCUT2D eigenvalue weighted by Gasteiger charge is 2.21. The Labute approximate surface area is 255 Å².